The molecule has 2 fully saturated rings. The Hall–Kier alpha value is -1.55. The first-order valence-electron chi connectivity index (χ1n) is 8.54. The summed E-state index contributed by atoms with van der Waals surface area (Å²) in [6.07, 6.45) is 6.96. The Balaban J connectivity index is 1.57. The molecule has 1 saturated carbocycles. The molecule has 2 aliphatic rings. The Bertz CT molecular complexity index is 492. The van der Waals surface area contributed by atoms with Gasteiger partial charge in [0.2, 0.25) is 5.91 Å². The van der Waals surface area contributed by atoms with E-state index >= 15 is 0 Å². The summed E-state index contributed by atoms with van der Waals surface area (Å²) < 4.78 is 5.41. The van der Waals surface area contributed by atoms with E-state index in [1.54, 1.807) is 0 Å². The second-order valence-electron chi connectivity index (χ2n) is 6.35. The molecular formula is C18H26N2O2. The predicted octanol–water partition coefficient (Wildman–Crippen LogP) is 3.43. The fourth-order valence-electron chi connectivity index (χ4n) is 3.51. The van der Waals surface area contributed by atoms with Gasteiger partial charge in [-0.15, -0.1) is 0 Å². The average molecular weight is 302 g/mol. The number of amides is 1. The zero-order valence-corrected chi connectivity index (χ0v) is 13.2. The number of nitrogens with zero attached hydrogens (tertiary/aromatic N) is 1. The Morgan fingerprint density at radius 2 is 1.91 bits per heavy atom. The van der Waals surface area contributed by atoms with E-state index in [2.05, 4.69) is 16.3 Å². The van der Waals surface area contributed by atoms with Gasteiger partial charge in [0.1, 0.15) is 0 Å². The third-order valence-corrected chi connectivity index (χ3v) is 4.78. The molecule has 1 saturated heterocycles. The van der Waals surface area contributed by atoms with Crippen molar-refractivity contribution >= 4 is 17.3 Å². The summed E-state index contributed by atoms with van der Waals surface area (Å²) >= 11 is 0. The molecule has 4 nitrogen and oxygen atoms in total. The van der Waals surface area contributed by atoms with Crippen molar-refractivity contribution in [2.24, 2.45) is 5.92 Å². The maximum Gasteiger partial charge on any atom is 0.224 e. The van der Waals surface area contributed by atoms with Crippen molar-refractivity contribution in [3.8, 4) is 0 Å². The molecule has 0 radical (unpaired) electrons. The fraction of sp³-hybridized carbons (Fsp3) is 0.611. The lowest BCUT2D eigenvalue weighted by Gasteiger charge is -2.30. The van der Waals surface area contributed by atoms with E-state index in [0.29, 0.717) is 6.42 Å². The molecule has 0 unspecified atom stereocenters. The molecule has 3 rings (SSSR count). The van der Waals surface area contributed by atoms with Crippen LogP contribution in [0.2, 0.25) is 0 Å². The van der Waals surface area contributed by atoms with Gasteiger partial charge in [-0.2, -0.15) is 0 Å². The van der Waals surface area contributed by atoms with Crippen molar-refractivity contribution in [2.75, 3.05) is 36.5 Å². The summed E-state index contributed by atoms with van der Waals surface area (Å²) in [6.45, 7) is 3.28. The lowest BCUT2D eigenvalue weighted by atomic mass is 10.0. The molecule has 0 bridgehead atoms. The van der Waals surface area contributed by atoms with Crippen molar-refractivity contribution < 1.29 is 9.53 Å². The number of nitrogens with one attached hydrogen (secondary N) is 1. The van der Waals surface area contributed by atoms with Gasteiger partial charge in [-0.3, -0.25) is 4.79 Å². The minimum absolute atomic E-state index is 0.146. The third kappa shape index (κ3) is 4.01. The fourth-order valence-corrected chi connectivity index (χ4v) is 3.51. The molecule has 1 aromatic rings. The topological polar surface area (TPSA) is 41.6 Å². The van der Waals surface area contributed by atoms with E-state index in [0.717, 1.165) is 50.0 Å². The highest BCUT2D eigenvalue weighted by Gasteiger charge is 2.18. The van der Waals surface area contributed by atoms with E-state index in [1.807, 2.05) is 18.2 Å². The molecule has 120 valence electrons. The molecule has 1 heterocycles. The van der Waals surface area contributed by atoms with Crippen LogP contribution in [0.4, 0.5) is 11.4 Å². The van der Waals surface area contributed by atoms with E-state index in [4.69, 9.17) is 4.74 Å². The van der Waals surface area contributed by atoms with Crippen LogP contribution in [-0.2, 0) is 9.53 Å². The summed E-state index contributed by atoms with van der Waals surface area (Å²) in [5.74, 6) is 0.910. The normalized spacial score (nSPS) is 19.4. The quantitative estimate of drug-likeness (QED) is 0.906. The van der Waals surface area contributed by atoms with Crippen LogP contribution in [0.1, 0.15) is 38.5 Å². The first kappa shape index (κ1) is 15.3. The van der Waals surface area contributed by atoms with Crippen molar-refractivity contribution in [1.82, 2.24) is 0 Å². The zero-order valence-electron chi connectivity index (χ0n) is 13.2. The third-order valence-electron chi connectivity index (χ3n) is 4.78. The zero-order chi connectivity index (χ0) is 15.2. The monoisotopic (exact) mass is 302 g/mol. The van der Waals surface area contributed by atoms with Crippen LogP contribution < -0.4 is 10.2 Å². The summed E-state index contributed by atoms with van der Waals surface area (Å²) in [5, 5.41) is 3.11. The summed E-state index contributed by atoms with van der Waals surface area (Å²) in [7, 11) is 0. The average Bonchev–Trinajstić information content (AvgIpc) is 3.08. The molecule has 1 aliphatic carbocycles. The summed E-state index contributed by atoms with van der Waals surface area (Å²) in [6, 6.07) is 8.09. The minimum atomic E-state index is 0.146. The van der Waals surface area contributed by atoms with Crippen LogP contribution in [0.25, 0.3) is 0 Å². The highest BCUT2D eigenvalue weighted by molar-refractivity contribution is 5.94. The van der Waals surface area contributed by atoms with Gasteiger partial charge >= 0.3 is 0 Å². The number of carbonyl (C=O) groups is 1. The molecule has 0 atom stereocenters. The number of para-hydroxylation sites is 2. The standard InChI is InChI=1S/C18H26N2O2/c21-18(10-9-15-5-1-2-6-15)19-16-7-3-4-8-17(16)20-11-13-22-14-12-20/h3-4,7-8,15H,1-2,5-6,9-14H2,(H,19,21). The van der Waals surface area contributed by atoms with Crippen LogP contribution in [0.15, 0.2) is 24.3 Å². The Morgan fingerprint density at radius 3 is 2.68 bits per heavy atom. The van der Waals surface area contributed by atoms with Crippen molar-refractivity contribution in [3.05, 3.63) is 24.3 Å². The Labute approximate surface area is 132 Å². The molecule has 0 spiro atoms. The molecule has 1 aromatic carbocycles. The Morgan fingerprint density at radius 1 is 1.18 bits per heavy atom. The van der Waals surface area contributed by atoms with Crippen molar-refractivity contribution in [2.45, 2.75) is 38.5 Å². The number of ether oxygens (including phenoxy) is 1. The van der Waals surface area contributed by atoms with Gasteiger partial charge in [0.05, 0.1) is 24.6 Å². The van der Waals surface area contributed by atoms with E-state index in [-0.39, 0.29) is 5.91 Å². The summed E-state index contributed by atoms with van der Waals surface area (Å²) in [4.78, 5) is 14.5. The van der Waals surface area contributed by atoms with Crippen molar-refractivity contribution in [1.29, 1.82) is 0 Å². The van der Waals surface area contributed by atoms with Crippen LogP contribution >= 0.6 is 0 Å². The van der Waals surface area contributed by atoms with Gasteiger partial charge in [-0.1, -0.05) is 37.8 Å². The van der Waals surface area contributed by atoms with Crippen LogP contribution in [0, 0.1) is 5.92 Å². The smallest absolute Gasteiger partial charge is 0.224 e. The van der Waals surface area contributed by atoms with Crippen molar-refractivity contribution in [3.63, 3.8) is 0 Å². The number of anilines is 2. The molecule has 22 heavy (non-hydrogen) atoms. The van der Waals surface area contributed by atoms with Crippen LogP contribution in [-0.4, -0.2) is 32.2 Å². The molecule has 1 N–H and O–H groups in total. The van der Waals surface area contributed by atoms with Gasteiger partial charge in [0.15, 0.2) is 0 Å². The SMILES string of the molecule is O=C(CCC1CCCC1)Nc1ccccc1N1CCOCC1. The largest absolute Gasteiger partial charge is 0.378 e. The minimum Gasteiger partial charge on any atom is -0.378 e. The van der Waals surface area contributed by atoms with E-state index in [9.17, 15) is 4.79 Å². The maximum absolute atomic E-state index is 12.2. The number of hydrogen-bond donors (Lipinski definition) is 1. The number of hydrogen-bond acceptors (Lipinski definition) is 3. The lowest BCUT2D eigenvalue weighted by Crippen LogP contribution is -2.36. The second kappa shape index (κ2) is 7.63. The lowest BCUT2D eigenvalue weighted by molar-refractivity contribution is -0.116. The number of morpholine rings is 1. The van der Waals surface area contributed by atoms with Gasteiger partial charge in [-0.25, -0.2) is 0 Å². The predicted molar refractivity (Wildman–Crippen MR) is 89.3 cm³/mol. The second-order valence-corrected chi connectivity index (χ2v) is 6.35. The molecular weight excluding hydrogens is 276 g/mol. The molecule has 1 aliphatic heterocycles. The first-order valence-corrected chi connectivity index (χ1v) is 8.54. The first-order chi connectivity index (χ1) is 10.8. The van der Waals surface area contributed by atoms with E-state index < -0.39 is 0 Å². The number of carbonyl (C=O) groups excluding carboxylic acids is 1. The summed E-state index contributed by atoms with van der Waals surface area (Å²) in [5.41, 5.74) is 2.04. The van der Waals surface area contributed by atoms with Gasteiger partial charge in [0.25, 0.3) is 0 Å². The molecule has 0 aromatic heterocycles. The highest BCUT2D eigenvalue weighted by Crippen LogP contribution is 2.29. The maximum atomic E-state index is 12.2. The van der Waals surface area contributed by atoms with Gasteiger partial charge < -0.3 is 15.0 Å². The van der Waals surface area contributed by atoms with Gasteiger partial charge in [-0.05, 0) is 24.5 Å². The van der Waals surface area contributed by atoms with Crippen LogP contribution in [0.3, 0.4) is 0 Å². The number of benzene rings is 1. The number of rotatable bonds is 5. The Kier molecular flexibility index (Phi) is 5.33. The van der Waals surface area contributed by atoms with Gasteiger partial charge in [0, 0.05) is 19.5 Å². The van der Waals surface area contributed by atoms with E-state index in [1.165, 1.54) is 25.7 Å². The molecule has 4 heteroatoms. The van der Waals surface area contributed by atoms with Crippen LogP contribution in [0.5, 0.6) is 0 Å². The molecule has 1 amide bonds. The highest BCUT2D eigenvalue weighted by atomic mass is 16.5.